The fourth-order valence-electron chi connectivity index (χ4n) is 3.17. The van der Waals surface area contributed by atoms with Crippen molar-refractivity contribution in [3.8, 4) is 23.5 Å². The Bertz CT molecular complexity index is 1300. The molecule has 30 heavy (non-hydrogen) atoms. The van der Waals surface area contributed by atoms with Crippen molar-refractivity contribution >= 4 is 27.1 Å². The first-order chi connectivity index (χ1) is 14.5. The lowest BCUT2D eigenvalue weighted by Gasteiger charge is -2.11. The maximum Gasteiger partial charge on any atom is 0.318 e. The lowest BCUT2D eigenvalue weighted by atomic mass is 10.1. The number of benzene rings is 1. The van der Waals surface area contributed by atoms with E-state index in [0.29, 0.717) is 47.0 Å². The molecule has 0 radical (unpaired) electrons. The summed E-state index contributed by atoms with van der Waals surface area (Å²) in [5.41, 5.74) is 3.56. The highest BCUT2D eigenvalue weighted by molar-refractivity contribution is 9.10. The summed E-state index contributed by atoms with van der Waals surface area (Å²) >= 11 is 3.39. The third-order valence-corrected chi connectivity index (χ3v) is 5.00. The van der Waals surface area contributed by atoms with E-state index in [2.05, 4.69) is 41.9 Å². The Hall–Kier alpha value is -3.38. The molecule has 7 nitrogen and oxygen atoms in total. The molecule has 4 rings (SSSR count). The molecule has 0 aliphatic carbocycles. The van der Waals surface area contributed by atoms with Crippen LogP contribution in [0.25, 0.3) is 22.6 Å². The van der Waals surface area contributed by atoms with Gasteiger partial charge in [0.15, 0.2) is 5.65 Å². The molecule has 3 aromatic heterocycles. The Morgan fingerprint density at radius 2 is 2.03 bits per heavy atom. The minimum Gasteiger partial charge on any atom is -0.464 e. The summed E-state index contributed by atoms with van der Waals surface area (Å²) < 4.78 is 22.0. The quantitative estimate of drug-likeness (QED) is 0.432. The van der Waals surface area contributed by atoms with Gasteiger partial charge in [0.1, 0.15) is 17.2 Å². The van der Waals surface area contributed by atoms with E-state index in [-0.39, 0.29) is 6.01 Å². The van der Waals surface area contributed by atoms with Crippen LogP contribution < -0.4 is 4.74 Å². The molecular weight excluding hydrogens is 451 g/mol. The van der Waals surface area contributed by atoms with Gasteiger partial charge in [0.2, 0.25) is 0 Å². The number of rotatable bonds is 5. The van der Waals surface area contributed by atoms with Crippen molar-refractivity contribution in [2.75, 3.05) is 6.61 Å². The summed E-state index contributed by atoms with van der Waals surface area (Å²) in [4.78, 5) is 17.5. The predicted octanol–water partition coefficient (Wildman–Crippen LogP) is 4.42. The van der Waals surface area contributed by atoms with Gasteiger partial charge >= 0.3 is 6.01 Å². The highest BCUT2D eigenvalue weighted by Gasteiger charge is 2.20. The summed E-state index contributed by atoms with van der Waals surface area (Å²) in [7, 11) is 0. The molecule has 0 fully saturated rings. The lowest BCUT2D eigenvalue weighted by Crippen LogP contribution is -2.07. The summed E-state index contributed by atoms with van der Waals surface area (Å²) in [5.74, 6) is 0.0140. The highest BCUT2D eigenvalue weighted by Crippen LogP contribution is 2.28. The van der Waals surface area contributed by atoms with Crippen LogP contribution in [-0.2, 0) is 6.54 Å². The van der Waals surface area contributed by atoms with Crippen molar-refractivity contribution in [3.63, 3.8) is 0 Å². The number of ether oxygens (including phenoxy) is 1. The molecule has 0 spiro atoms. The SMILES string of the molecule is CCOc1nc(C)c2nc(-c3cncc(F)c3)n(Cc3ccc(Br)cc3C#N)c2n1. The lowest BCUT2D eigenvalue weighted by molar-refractivity contribution is 0.313. The Balaban J connectivity index is 1.97. The maximum absolute atomic E-state index is 13.9. The van der Waals surface area contributed by atoms with Crippen molar-refractivity contribution in [2.45, 2.75) is 20.4 Å². The number of nitriles is 1. The number of imidazole rings is 1. The first-order valence-electron chi connectivity index (χ1n) is 9.17. The van der Waals surface area contributed by atoms with Crippen molar-refractivity contribution in [1.29, 1.82) is 5.26 Å². The fraction of sp³-hybridized carbons (Fsp3) is 0.190. The third kappa shape index (κ3) is 3.74. The van der Waals surface area contributed by atoms with Crippen molar-refractivity contribution in [2.24, 2.45) is 0 Å². The molecule has 0 N–H and O–H groups in total. The second kappa shape index (κ2) is 8.16. The molecule has 0 aliphatic rings. The minimum absolute atomic E-state index is 0.240. The zero-order valence-electron chi connectivity index (χ0n) is 16.2. The molecule has 4 aromatic rings. The zero-order chi connectivity index (χ0) is 21.3. The van der Waals surface area contributed by atoms with E-state index in [1.807, 2.05) is 30.5 Å². The molecule has 150 valence electrons. The third-order valence-electron chi connectivity index (χ3n) is 4.51. The predicted molar refractivity (Wildman–Crippen MR) is 112 cm³/mol. The van der Waals surface area contributed by atoms with E-state index in [0.717, 1.165) is 16.2 Å². The molecule has 1 aromatic carbocycles. The molecule has 0 unspecified atom stereocenters. The molecule has 0 atom stereocenters. The second-order valence-electron chi connectivity index (χ2n) is 6.52. The van der Waals surface area contributed by atoms with Crippen LogP contribution in [0.3, 0.4) is 0 Å². The largest absolute Gasteiger partial charge is 0.464 e. The van der Waals surface area contributed by atoms with E-state index in [1.54, 1.807) is 12.3 Å². The maximum atomic E-state index is 13.9. The molecule has 0 saturated heterocycles. The van der Waals surface area contributed by atoms with Crippen LogP contribution in [0.15, 0.2) is 41.1 Å². The first kappa shape index (κ1) is 19.9. The van der Waals surface area contributed by atoms with Crippen LogP contribution in [-0.4, -0.2) is 31.1 Å². The van der Waals surface area contributed by atoms with Gasteiger partial charge in [-0.25, -0.2) is 9.37 Å². The van der Waals surface area contributed by atoms with Crippen LogP contribution in [0.1, 0.15) is 23.7 Å². The number of fused-ring (bicyclic) bond motifs is 1. The van der Waals surface area contributed by atoms with E-state index < -0.39 is 5.82 Å². The average Bonchev–Trinajstić information content (AvgIpc) is 3.08. The van der Waals surface area contributed by atoms with Gasteiger partial charge in [-0.3, -0.25) is 4.98 Å². The second-order valence-corrected chi connectivity index (χ2v) is 7.44. The number of halogens is 2. The highest BCUT2D eigenvalue weighted by atomic mass is 79.9. The van der Waals surface area contributed by atoms with Crippen molar-refractivity contribution in [3.05, 3.63) is 63.8 Å². The Morgan fingerprint density at radius 3 is 2.77 bits per heavy atom. The number of nitrogens with zero attached hydrogens (tertiary/aromatic N) is 6. The Labute approximate surface area is 180 Å². The average molecular weight is 467 g/mol. The van der Waals surface area contributed by atoms with Gasteiger partial charge < -0.3 is 9.30 Å². The van der Waals surface area contributed by atoms with Crippen LogP contribution in [0.2, 0.25) is 0 Å². The Kier molecular flexibility index (Phi) is 5.42. The monoisotopic (exact) mass is 466 g/mol. The van der Waals surface area contributed by atoms with Gasteiger partial charge in [0.05, 0.1) is 36.7 Å². The van der Waals surface area contributed by atoms with E-state index in [9.17, 15) is 9.65 Å². The summed E-state index contributed by atoms with van der Waals surface area (Å²) in [6.07, 6.45) is 2.68. The molecule has 0 amide bonds. The van der Waals surface area contributed by atoms with E-state index in [4.69, 9.17) is 4.74 Å². The molecule has 0 bridgehead atoms. The molecule has 0 saturated carbocycles. The number of aryl methyl sites for hydroxylation is 1. The van der Waals surface area contributed by atoms with Gasteiger partial charge in [-0.1, -0.05) is 22.0 Å². The van der Waals surface area contributed by atoms with Crippen molar-refractivity contribution in [1.82, 2.24) is 24.5 Å². The van der Waals surface area contributed by atoms with Gasteiger partial charge in [0, 0.05) is 16.2 Å². The normalized spacial score (nSPS) is 10.9. The molecular formula is C21H16BrFN6O. The molecule has 3 heterocycles. The number of pyridine rings is 1. The number of aromatic nitrogens is 5. The smallest absolute Gasteiger partial charge is 0.318 e. The van der Waals surface area contributed by atoms with Crippen LogP contribution in [0.5, 0.6) is 6.01 Å². The van der Waals surface area contributed by atoms with E-state index >= 15 is 0 Å². The number of hydrogen-bond donors (Lipinski definition) is 0. The van der Waals surface area contributed by atoms with E-state index in [1.165, 1.54) is 6.07 Å². The Morgan fingerprint density at radius 1 is 1.20 bits per heavy atom. The zero-order valence-corrected chi connectivity index (χ0v) is 17.8. The summed E-state index contributed by atoms with van der Waals surface area (Å²) in [6, 6.07) is 9.30. The van der Waals surface area contributed by atoms with Crippen molar-refractivity contribution < 1.29 is 9.13 Å². The van der Waals surface area contributed by atoms with Gasteiger partial charge in [-0.15, -0.1) is 0 Å². The van der Waals surface area contributed by atoms with Gasteiger partial charge in [-0.2, -0.15) is 15.2 Å². The van der Waals surface area contributed by atoms with Gasteiger partial charge in [0.25, 0.3) is 0 Å². The standard InChI is InChI=1S/C21H16BrFN6O/c1-3-30-21-26-12(2)18-20(28-21)29(11-13-4-5-16(22)6-14(13)8-24)19(27-18)15-7-17(23)10-25-9-15/h4-7,9-10H,3,11H2,1-2H3. The van der Waals surface area contributed by atoms with Gasteiger partial charge in [-0.05, 0) is 37.6 Å². The number of hydrogen-bond acceptors (Lipinski definition) is 6. The topological polar surface area (TPSA) is 89.5 Å². The fourth-order valence-corrected chi connectivity index (χ4v) is 3.53. The molecule has 9 heteroatoms. The minimum atomic E-state index is -0.467. The van der Waals surface area contributed by atoms with Crippen LogP contribution >= 0.6 is 15.9 Å². The summed E-state index contributed by atoms with van der Waals surface area (Å²) in [5, 5.41) is 9.56. The summed E-state index contributed by atoms with van der Waals surface area (Å²) in [6.45, 7) is 4.40. The van der Waals surface area contributed by atoms with Crippen LogP contribution in [0, 0.1) is 24.1 Å². The first-order valence-corrected chi connectivity index (χ1v) is 9.96. The molecule has 0 aliphatic heterocycles. The van der Waals surface area contributed by atoms with Crippen LogP contribution in [0.4, 0.5) is 4.39 Å².